The minimum absolute atomic E-state index is 0.107. The average molecular weight is 482 g/mol. The van der Waals surface area contributed by atoms with Gasteiger partial charge in [0.05, 0.1) is 22.5 Å². The number of imidazole rings is 1. The first-order chi connectivity index (χ1) is 16.4. The Morgan fingerprint density at radius 1 is 1.03 bits per heavy atom. The van der Waals surface area contributed by atoms with Crippen molar-refractivity contribution >= 4 is 27.0 Å². The van der Waals surface area contributed by atoms with Gasteiger partial charge in [-0.25, -0.2) is 13.4 Å². The largest absolute Gasteiger partial charge is 0.342 e. The van der Waals surface area contributed by atoms with Gasteiger partial charge in [-0.15, -0.1) is 0 Å². The summed E-state index contributed by atoms with van der Waals surface area (Å²) < 4.78 is 27.4. The maximum Gasteiger partial charge on any atom is 0.243 e. The van der Waals surface area contributed by atoms with E-state index in [9.17, 15) is 13.2 Å². The second-order valence-electron chi connectivity index (χ2n) is 9.31. The van der Waals surface area contributed by atoms with Gasteiger partial charge in [-0.3, -0.25) is 9.69 Å². The van der Waals surface area contributed by atoms with E-state index in [2.05, 4.69) is 9.88 Å². The van der Waals surface area contributed by atoms with E-state index in [-0.39, 0.29) is 11.8 Å². The summed E-state index contributed by atoms with van der Waals surface area (Å²) in [5.41, 5.74) is 3.02. The summed E-state index contributed by atoms with van der Waals surface area (Å²) in [5, 5.41) is 0. The molecule has 2 aromatic carbocycles. The Hall–Kier alpha value is -2.75. The molecule has 9 heteroatoms. The Morgan fingerprint density at radius 2 is 1.76 bits per heavy atom. The zero-order valence-corrected chi connectivity index (χ0v) is 20.3. The van der Waals surface area contributed by atoms with E-state index < -0.39 is 10.0 Å². The van der Waals surface area contributed by atoms with Crippen molar-refractivity contribution in [3.63, 3.8) is 0 Å². The zero-order valence-electron chi connectivity index (χ0n) is 19.5. The number of para-hydroxylation sites is 2. The van der Waals surface area contributed by atoms with Crippen LogP contribution < -0.4 is 0 Å². The molecule has 2 aliphatic heterocycles. The van der Waals surface area contributed by atoms with Crippen LogP contribution >= 0.6 is 0 Å². The van der Waals surface area contributed by atoms with Crippen molar-refractivity contribution in [2.24, 2.45) is 0 Å². The molecule has 1 atom stereocenters. The molecule has 1 N–H and O–H groups in total. The molecule has 5 rings (SSSR count). The molecule has 0 radical (unpaired) electrons. The molecule has 2 saturated heterocycles. The van der Waals surface area contributed by atoms with E-state index in [1.807, 2.05) is 48.2 Å². The number of carbonyl (C=O) groups is 1. The first-order valence-corrected chi connectivity index (χ1v) is 13.4. The fourth-order valence-corrected chi connectivity index (χ4v) is 6.29. The highest BCUT2D eigenvalue weighted by molar-refractivity contribution is 7.89. The molecule has 1 amide bonds. The summed E-state index contributed by atoms with van der Waals surface area (Å²) >= 11 is 0. The molecular formula is C25H31N5O3S. The van der Waals surface area contributed by atoms with E-state index >= 15 is 0 Å². The Morgan fingerprint density at radius 3 is 2.50 bits per heavy atom. The predicted octanol–water partition coefficient (Wildman–Crippen LogP) is 2.58. The normalized spacial score (nSPS) is 20.6. The molecule has 0 bridgehead atoms. The number of carbonyl (C=O) groups excluding carboxylic acids is 1. The summed E-state index contributed by atoms with van der Waals surface area (Å²) in [6.07, 6.45) is 1.97. The lowest BCUT2D eigenvalue weighted by atomic mass is 9.97. The molecule has 3 aromatic rings. The fourth-order valence-electron chi connectivity index (χ4n) is 4.87. The summed E-state index contributed by atoms with van der Waals surface area (Å²) in [6, 6.07) is 15.0. The van der Waals surface area contributed by atoms with E-state index in [0.29, 0.717) is 44.2 Å². The molecule has 1 unspecified atom stereocenters. The minimum atomic E-state index is -3.50. The van der Waals surface area contributed by atoms with Crippen LogP contribution in [0.5, 0.6) is 0 Å². The molecule has 2 aliphatic rings. The van der Waals surface area contributed by atoms with Crippen molar-refractivity contribution in [2.75, 3.05) is 45.8 Å². The Bertz CT molecular complexity index is 1230. The van der Waals surface area contributed by atoms with Crippen LogP contribution in [0.15, 0.2) is 53.4 Å². The molecule has 180 valence electrons. The van der Waals surface area contributed by atoms with Gasteiger partial charge in [-0.1, -0.05) is 29.8 Å². The molecule has 1 aromatic heterocycles. The highest BCUT2D eigenvalue weighted by atomic mass is 32.2. The third-order valence-corrected chi connectivity index (χ3v) is 8.83. The Balaban J connectivity index is 1.16. The lowest BCUT2D eigenvalue weighted by Crippen LogP contribution is -2.52. The lowest BCUT2D eigenvalue weighted by molar-refractivity contribution is -0.134. The number of piperazine rings is 1. The number of hydrogen-bond acceptors (Lipinski definition) is 5. The number of rotatable bonds is 5. The lowest BCUT2D eigenvalue weighted by Gasteiger charge is -2.36. The quantitative estimate of drug-likeness (QED) is 0.605. The Labute approximate surface area is 200 Å². The molecular weight excluding hydrogens is 450 g/mol. The molecule has 3 heterocycles. The summed E-state index contributed by atoms with van der Waals surface area (Å²) in [7, 11) is -3.50. The number of likely N-dealkylation sites (tertiary alicyclic amines) is 1. The number of sulfonamides is 1. The number of benzene rings is 2. The number of aryl methyl sites for hydroxylation is 1. The van der Waals surface area contributed by atoms with Crippen LogP contribution in [0.2, 0.25) is 0 Å². The molecule has 0 aliphatic carbocycles. The number of nitrogens with zero attached hydrogens (tertiary/aromatic N) is 4. The van der Waals surface area contributed by atoms with Crippen molar-refractivity contribution in [1.29, 1.82) is 0 Å². The molecule has 0 spiro atoms. The van der Waals surface area contributed by atoms with E-state index in [1.165, 1.54) is 4.31 Å². The van der Waals surface area contributed by atoms with Crippen LogP contribution in [-0.2, 0) is 14.8 Å². The van der Waals surface area contributed by atoms with Crippen LogP contribution in [0.25, 0.3) is 11.0 Å². The van der Waals surface area contributed by atoms with Crippen LogP contribution in [0.4, 0.5) is 0 Å². The molecule has 2 fully saturated rings. The van der Waals surface area contributed by atoms with Crippen LogP contribution in [0, 0.1) is 6.92 Å². The number of amides is 1. The summed E-state index contributed by atoms with van der Waals surface area (Å²) in [6.45, 7) is 5.59. The van der Waals surface area contributed by atoms with Gasteiger partial charge in [0.25, 0.3) is 0 Å². The first kappa shape index (κ1) is 23.0. The third-order valence-electron chi connectivity index (χ3n) is 6.92. The smallest absolute Gasteiger partial charge is 0.243 e. The fraction of sp³-hybridized carbons (Fsp3) is 0.440. The van der Waals surface area contributed by atoms with Crippen molar-refractivity contribution in [3.8, 4) is 0 Å². The second kappa shape index (κ2) is 9.48. The van der Waals surface area contributed by atoms with Gasteiger partial charge in [-0.05, 0) is 44.0 Å². The average Bonchev–Trinajstić information content (AvgIpc) is 3.29. The third kappa shape index (κ3) is 4.73. The van der Waals surface area contributed by atoms with Gasteiger partial charge in [0.2, 0.25) is 15.9 Å². The zero-order chi connectivity index (χ0) is 23.7. The van der Waals surface area contributed by atoms with Crippen molar-refractivity contribution < 1.29 is 13.2 Å². The Kier molecular flexibility index (Phi) is 6.42. The maximum atomic E-state index is 13.1. The first-order valence-electron chi connectivity index (χ1n) is 11.9. The van der Waals surface area contributed by atoms with Crippen molar-refractivity contribution in [1.82, 2.24) is 24.1 Å². The van der Waals surface area contributed by atoms with Gasteiger partial charge >= 0.3 is 0 Å². The van der Waals surface area contributed by atoms with Crippen LogP contribution in [0.1, 0.15) is 30.1 Å². The predicted molar refractivity (Wildman–Crippen MR) is 131 cm³/mol. The van der Waals surface area contributed by atoms with Crippen molar-refractivity contribution in [3.05, 3.63) is 59.9 Å². The van der Waals surface area contributed by atoms with Gasteiger partial charge in [0.1, 0.15) is 5.82 Å². The van der Waals surface area contributed by atoms with Gasteiger partial charge < -0.3 is 9.88 Å². The second-order valence-corrected chi connectivity index (χ2v) is 11.2. The summed E-state index contributed by atoms with van der Waals surface area (Å²) in [5.74, 6) is 1.27. The highest BCUT2D eigenvalue weighted by Gasteiger charge is 2.31. The van der Waals surface area contributed by atoms with Crippen LogP contribution in [-0.4, -0.2) is 84.2 Å². The maximum absolute atomic E-state index is 13.1. The van der Waals surface area contributed by atoms with E-state index in [4.69, 9.17) is 4.98 Å². The number of hydrogen-bond donors (Lipinski definition) is 1. The topological polar surface area (TPSA) is 89.6 Å². The number of nitrogens with one attached hydrogen (secondary N) is 1. The van der Waals surface area contributed by atoms with Gasteiger partial charge in [0.15, 0.2) is 0 Å². The standard InChI is InChI=1S/C25H31N5O3S/c1-19-8-10-21(11-9-19)34(32,33)30-15-13-28(14-16-30)18-24(31)29-12-4-5-20(17-29)25-26-22-6-2-3-7-23(22)27-25/h2-3,6-11,20H,4-5,12-18H2,1H3,(H,26,27). The SMILES string of the molecule is Cc1ccc(S(=O)(=O)N2CCN(CC(=O)N3CCCC(c4nc5ccccc5[nH]4)C3)CC2)cc1. The molecule has 0 saturated carbocycles. The van der Waals surface area contributed by atoms with Gasteiger partial charge in [-0.2, -0.15) is 4.31 Å². The van der Waals surface area contributed by atoms with Crippen molar-refractivity contribution in [2.45, 2.75) is 30.6 Å². The van der Waals surface area contributed by atoms with E-state index in [1.54, 1.807) is 12.1 Å². The molecule has 34 heavy (non-hydrogen) atoms. The van der Waals surface area contributed by atoms with E-state index in [0.717, 1.165) is 41.8 Å². The van der Waals surface area contributed by atoms with Crippen LogP contribution in [0.3, 0.4) is 0 Å². The minimum Gasteiger partial charge on any atom is -0.342 e. The number of piperidine rings is 1. The number of aromatic nitrogens is 2. The highest BCUT2D eigenvalue weighted by Crippen LogP contribution is 2.27. The van der Waals surface area contributed by atoms with Gasteiger partial charge in [0, 0.05) is 45.2 Å². The monoisotopic (exact) mass is 481 g/mol. The number of H-pyrrole nitrogens is 1. The number of fused-ring (bicyclic) bond motifs is 1. The number of aromatic amines is 1. The summed E-state index contributed by atoms with van der Waals surface area (Å²) in [4.78, 5) is 25.6. The molecule has 8 nitrogen and oxygen atoms in total.